The van der Waals surface area contributed by atoms with Crippen molar-refractivity contribution in [1.29, 1.82) is 0 Å². The molecule has 1 atom stereocenters. The van der Waals surface area contributed by atoms with E-state index in [-0.39, 0.29) is 5.75 Å². The number of nitrogens with zero attached hydrogens (tertiary/aromatic N) is 1. The van der Waals surface area contributed by atoms with Gasteiger partial charge in [-0.3, -0.25) is 0 Å². The summed E-state index contributed by atoms with van der Waals surface area (Å²) in [6.45, 7) is 2.68. The third-order valence-corrected chi connectivity index (χ3v) is 3.54. The first-order valence-electron chi connectivity index (χ1n) is 6.70. The Morgan fingerprint density at radius 2 is 2.00 bits per heavy atom. The molecule has 1 saturated heterocycles. The first kappa shape index (κ1) is 15.1. The van der Waals surface area contributed by atoms with Gasteiger partial charge in [-0.05, 0) is 44.1 Å². The molecule has 1 unspecified atom stereocenters. The second kappa shape index (κ2) is 6.45. The van der Waals surface area contributed by atoms with Crippen molar-refractivity contribution >= 4 is 0 Å². The van der Waals surface area contributed by atoms with E-state index in [0.29, 0.717) is 12.6 Å². The Balaban J connectivity index is 1.76. The summed E-state index contributed by atoms with van der Waals surface area (Å²) in [5, 5.41) is 3.34. The van der Waals surface area contributed by atoms with E-state index in [2.05, 4.69) is 22.0 Å². The lowest BCUT2D eigenvalue weighted by atomic mass is 10.2. The van der Waals surface area contributed by atoms with Crippen molar-refractivity contribution < 1.29 is 17.9 Å². The highest BCUT2D eigenvalue weighted by Crippen LogP contribution is 2.22. The molecule has 1 aliphatic heterocycles. The SMILES string of the molecule is CN1CCCC1CNCc1ccc(OC(F)(F)F)cc1. The Kier molecular flexibility index (Phi) is 4.88. The minimum Gasteiger partial charge on any atom is -0.406 e. The molecule has 1 heterocycles. The normalized spacial score (nSPS) is 20.3. The highest BCUT2D eigenvalue weighted by molar-refractivity contribution is 5.27. The number of hydrogen-bond acceptors (Lipinski definition) is 3. The van der Waals surface area contributed by atoms with Crippen molar-refractivity contribution in [3.05, 3.63) is 29.8 Å². The van der Waals surface area contributed by atoms with Crippen LogP contribution in [0.4, 0.5) is 13.2 Å². The number of likely N-dealkylation sites (tertiary alicyclic amines) is 1. The first-order valence-corrected chi connectivity index (χ1v) is 6.70. The molecule has 0 aliphatic carbocycles. The number of benzene rings is 1. The van der Waals surface area contributed by atoms with Gasteiger partial charge in [-0.25, -0.2) is 0 Å². The van der Waals surface area contributed by atoms with Gasteiger partial charge in [0, 0.05) is 19.1 Å². The topological polar surface area (TPSA) is 24.5 Å². The zero-order valence-electron chi connectivity index (χ0n) is 11.4. The molecule has 0 radical (unpaired) electrons. The van der Waals surface area contributed by atoms with Crippen LogP contribution < -0.4 is 10.1 Å². The van der Waals surface area contributed by atoms with Gasteiger partial charge in [-0.15, -0.1) is 13.2 Å². The average Bonchev–Trinajstić information content (AvgIpc) is 2.76. The lowest BCUT2D eigenvalue weighted by molar-refractivity contribution is -0.274. The number of halogens is 3. The van der Waals surface area contributed by atoms with Crippen molar-refractivity contribution in [2.75, 3.05) is 20.1 Å². The Hall–Kier alpha value is -1.27. The summed E-state index contributed by atoms with van der Waals surface area (Å²) in [5.74, 6) is -0.184. The summed E-state index contributed by atoms with van der Waals surface area (Å²) in [6, 6.07) is 6.53. The molecule has 1 N–H and O–H groups in total. The third kappa shape index (κ3) is 4.68. The van der Waals surface area contributed by atoms with Crippen LogP contribution in [0.2, 0.25) is 0 Å². The van der Waals surface area contributed by atoms with E-state index in [1.807, 2.05) is 0 Å². The Bertz CT molecular complexity index is 419. The van der Waals surface area contributed by atoms with E-state index in [1.165, 1.54) is 25.0 Å². The molecule has 1 aromatic carbocycles. The lowest BCUT2D eigenvalue weighted by Crippen LogP contribution is -2.35. The molecule has 0 aromatic heterocycles. The fourth-order valence-corrected chi connectivity index (χ4v) is 2.43. The molecular formula is C14H19F3N2O. The second-order valence-electron chi connectivity index (χ2n) is 5.10. The summed E-state index contributed by atoms with van der Waals surface area (Å²) in [5.41, 5.74) is 0.945. The lowest BCUT2D eigenvalue weighted by Gasteiger charge is -2.19. The molecule has 0 spiro atoms. The Morgan fingerprint density at radius 1 is 1.30 bits per heavy atom. The highest BCUT2D eigenvalue weighted by atomic mass is 19.4. The first-order chi connectivity index (χ1) is 9.44. The van der Waals surface area contributed by atoms with Gasteiger partial charge in [-0.1, -0.05) is 12.1 Å². The van der Waals surface area contributed by atoms with Crippen LogP contribution in [-0.4, -0.2) is 37.4 Å². The predicted molar refractivity (Wildman–Crippen MR) is 70.5 cm³/mol. The van der Waals surface area contributed by atoms with Crippen LogP contribution in [0.1, 0.15) is 18.4 Å². The fourth-order valence-electron chi connectivity index (χ4n) is 2.43. The zero-order valence-corrected chi connectivity index (χ0v) is 11.4. The molecule has 2 rings (SSSR count). The van der Waals surface area contributed by atoms with E-state index in [9.17, 15) is 13.2 Å². The quantitative estimate of drug-likeness (QED) is 0.901. The van der Waals surface area contributed by atoms with Crippen molar-refractivity contribution in [3.8, 4) is 5.75 Å². The Morgan fingerprint density at radius 3 is 2.55 bits per heavy atom. The van der Waals surface area contributed by atoms with Crippen LogP contribution in [0.3, 0.4) is 0 Å². The standard InChI is InChI=1S/C14H19F3N2O/c1-19-8-2-3-12(19)10-18-9-11-4-6-13(7-5-11)20-14(15,16)17/h4-7,12,18H,2-3,8-10H2,1H3. The van der Waals surface area contributed by atoms with E-state index in [1.54, 1.807) is 12.1 Å². The second-order valence-corrected chi connectivity index (χ2v) is 5.10. The molecule has 0 saturated carbocycles. The van der Waals surface area contributed by atoms with E-state index in [4.69, 9.17) is 0 Å². The van der Waals surface area contributed by atoms with Crippen molar-refractivity contribution in [2.45, 2.75) is 31.8 Å². The van der Waals surface area contributed by atoms with Crippen LogP contribution >= 0.6 is 0 Å². The van der Waals surface area contributed by atoms with Crippen molar-refractivity contribution in [3.63, 3.8) is 0 Å². The molecule has 1 aromatic rings. The summed E-state index contributed by atoms with van der Waals surface area (Å²) in [4.78, 5) is 2.33. The molecule has 1 aliphatic rings. The highest BCUT2D eigenvalue weighted by Gasteiger charge is 2.30. The van der Waals surface area contributed by atoms with Gasteiger partial charge >= 0.3 is 6.36 Å². The van der Waals surface area contributed by atoms with Gasteiger partial charge < -0.3 is 15.0 Å². The van der Waals surface area contributed by atoms with Gasteiger partial charge in [0.1, 0.15) is 5.75 Å². The van der Waals surface area contributed by atoms with Gasteiger partial charge in [-0.2, -0.15) is 0 Å². The number of nitrogens with one attached hydrogen (secondary N) is 1. The molecule has 1 fully saturated rings. The summed E-state index contributed by atoms with van der Waals surface area (Å²) >= 11 is 0. The minimum absolute atomic E-state index is 0.184. The number of hydrogen-bond donors (Lipinski definition) is 1. The molecule has 0 amide bonds. The maximum absolute atomic E-state index is 12.0. The summed E-state index contributed by atoms with van der Waals surface area (Å²) in [6.07, 6.45) is -2.21. The molecule has 112 valence electrons. The van der Waals surface area contributed by atoms with Crippen molar-refractivity contribution in [1.82, 2.24) is 10.2 Å². The number of likely N-dealkylation sites (N-methyl/N-ethyl adjacent to an activating group) is 1. The van der Waals surface area contributed by atoms with Gasteiger partial charge in [0.05, 0.1) is 0 Å². The fraction of sp³-hybridized carbons (Fsp3) is 0.571. The van der Waals surface area contributed by atoms with Gasteiger partial charge in [0.2, 0.25) is 0 Å². The third-order valence-electron chi connectivity index (χ3n) is 3.54. The average molecular weight is 288 g/mol. The van der Waals surface area contributed by atoms with Crippen LogP contribution in [0.25, 0.3) is 0 Å². The van der Waals surface area contributed by atoms with Crippen molar-refractivity contribution in [2.24, 2.45) is 0 Å². The van der Waals surface area contributed by atoms with Gasteiger partial charge in [0.25, 0.3) is 0 Å². The van der Waals surface area contributed by atoms with Crippen LogP contribution in [0.15, 0.2) is 24.3 Å². The maximum Gasteiger partial charge on any atom is 0.573 e. The number of alkyl halides is 3. The van der Waals surface area contributed by atoms with Crippen LogP contribution in [0.5, 0.6) is 5.75 Å². The predicted octanol–water partition coefficient (Wildman–Crippen LogP) is 2.77. The van der Waals surface area contributed by atoms with E-state index < -0.39 is 6.36 Å². The summed E-state index contributed by atoms with van der Waals surface area (Å²) in [7, 11) is 2.11. The van der Waals surface area contributed by atoms with E-state index >= 15 is 0 Å². The largest absolute Gasteiger partial charge is 0.573 e. The maximum atomic E-state index is 12.0. The zero-order chi connectivity index (χ0) is 14.6. The van der Waals surface area contributed by atoms with Crippen LogP contribution in [-0.2, 0) is 6.54 Å². The molecule has 3 nitrogen and oxygen atoms in total. The van der Waals surface area contributed by atoms with E-state index in [0.717, 1.165) is 18.7 Å². The number of ether oxygens (including phenoxy) is 1. The van der Waals surface area contributed by atoms with Gasteiger partial charge in [0.15, 0.2) is 0 Å². The molecule has 6 heteroatoms. The molecule has 20 heavy (non-hydrogen) atoms. The molecule has 0 bridgehead atoms. The number of rotatable bonds is 5. The van der Waals surface area contributed by atoms with Crippen LogP contribution in [0, 0.1) is 0 Å². The smallest absolute Gasteiger partial charge is 0.406 e. The molecular weight excluding hydrogens is 269 g/mol. The minimum atomic E-state index is -4.63. The monoisotopic (exact) mass is 288 g/mol. The Labute approximate surface area is 116 Å². The summed E-state index contributed by atoms with van der Waals surface area (Å²) < 4.78 is 39.9.